The average Bonchev–Trinajstić information content (AvgIpc) is 3.02. The fraction of sp³-hybridized carbons (Fsp3) is 0.188. The molecule has 0 aliphatic heterocycles. The molecule has 1 aromatic carbocycles. The first kappa shape index (κ1) is 16.1. The zero-order chi connectivity index (χ0) is 17.1. The fourth-order valence-corrected chi connectivity index (χ4v) is 2.61. The highest BCUT2D eigenvalue weighted by atomic mass is 35.5. The Bertz CT molecular complexity index is 894. The van der Waals surface area contributed by atoms with Gasteiger partial charge in [-0.3, -0.25) is 9.20 Å². The zero-order valence-corrected chi connectivity index (χ0v) is 13.9. The van der Waals surface area contributed by atoms with Crippen molar-refractivity contribution in [2.24, 2.45) is 0 Å². The molecule has 8 heteroatoms. The Morgan fingerprint density at radius 1 is 1.25 bits per heavy atom. The lowest BCUT2D eigenvalue weighted by Gasteiger charge is -2.11. The van der Waals surface area contributed by atoms with E-state index in [9.17, 15) is 4.79 Å². The number of pyridine rings is 1. The van der Waals surface area contributed by atoms with E-state index >= 15 is 0 Å². The van der Waals surface area contributed by atoms with Gasteiger partial charge in [-0.05, 0) is 24.3 Å². The minimum absolute atomic E-state index is 0.232. The molecule has 3 rings (SSSR count). The van der Waals surface area contributed by atoms with Crippen LogP contribution in [0.5, 0.6) is 11.5 Å². The average molecular weight is 347 g/mol. The van der Waals surface area contributed by atoms with Crippen LogP contribution < -0.4 is 14.8 Å². The molecule has 0 aliphatic carbocycles. The van der Waals surface area contributed by atoms with Crippen molar-refractivity contribution in [3.8, 4) is 11.5 Å². The van der Waals surface area contributed by atoms with Crippen LogP contribution in [0.4, 0.5) is 0 Å². The van der Waals surface area contributed by atoms with E-state index in [1.165, 1.54) is 20.3 Å². The van der Waals surface area contributed by atoms with E-state index < -0.39 is 0 Å². The van der Waals surface area contributed by atoms with Crippen molar-refractivity contribution in [1.29, 1.82) is 0 Å². The van der Waals surface area contributed by atoms with Crippen molar-refractivity contribution in [1.82, 2.24) is 19.9 Å². The van der Waals surface area contributed by atoms with Crippen molar-refractivity contribution < 1.29 is 14.3 Å². The van der Waals surface area contributed by atoms with E-state index in [1.807, 2.05) is 28.8 Å². The van der Waals surface area contributed by atoms with Gasteiger partial charge in [0.1, 0.15) is 0 Å². The molecule has 0 unspecified atom stereocenters. The van der Waals surface area contributed by atoms with Gasteiger partial charge in [-0.1, -0.05) is 17.7 Å². The summed E-state index contributed by atoms with van der Waals surface area (Å²) in [6.45, 7) is 0.232. The molecular formula is C16H15ClN4O3. The molecule has 2 aromatic heterocycles. The number of amides is 1. The Kier molecular flexibility index (Phi) is 4.52. The maximum Gasteiger partial charge on any atom is 0.251 e. The normalized spacial score (nSPS) is 10.6. The van der Waals surface area contributed by atoms with Crippen molar-refractivity contribution in [2.45, 2.75) is 6.54 Å². The second kappa shape index (κ2) is 6.76. The number of halogens is 1. The maximum atomic E-state index is 12.4. The van der Waals surface area contributed by atoms with Crippen LogP contribution in [-0.2, 0) is 6.54 Å². The summed E-state index contributed by atoms with van der Waals surface area (Å²) < 4.78 is 12.2. The van der Waals surface area contributed by atoms with Gasteiger partial charge in [0, 0.05) is 11.8 Å². The van der Waals surface area contributed by atoms with Gasteiger partial charge in [-0.15, -0.1) is 10.2 Å². The zero-order valence-electron chi connectivity index (χ0n) is 13.1. The van der Waals surface area contributed by atoms with Gasteiger partial charge in [0.15, 0.2) is 23.0 Å². The number of hydrogen-bond donors (Lipinski definition) is 1. The van der Waals surface area contributed by atoms with E-state index in [4.69, 9.17) is 21.1 Å². The molecule has 2 heterocycles. The van der Waals surface area contributed by atoms with Gasteiger partial charge in [-0.25, -0.2) is 0 Å². The third-order valence-electron chi connectivity index (χ3n) is 3.49. The third-order valence-corrected chi connectivity index (χ3v) is 3.77. The largest absolute Gasteiger partial charge is 0.493 e. The minimum atomic E-state index is -0.300. The molecule has 7 nitrogen and oxygen atoms in total. The summed E-state index contributed by atoms with van der Waals surface area (Å²) in [4.78, 5) is 12.4. The van der Waals surface area contributed by atoms with Crippen molar-refractivity contribution >= 4 is 23.2 Å². The number of fused-ring (bicyclic) bond motifs is 1. The molecule has 0 aliphatic rings. The third kappa shape index (κ3) is 2.98. The lowest BCUT2D eigenvalue weighted by molar-refractivity contribution is 0.0949. The monoisotopic (exact) mass is 346 g/mol. The molecular weight excluding hydrogens is 332 g/mol. The number of methoxy groups -OCH3 is 2. The minimum Gasteiger partial charge on any atom is -0.493 e. The molecule has 0 bridgehead atoms. The first-order chi connectivity index (χ1) is 11.6. The van der Waals surface area contributed by atoms with E-state index in [-0.39, 0.29) is 12.5 Å². The van der Waals surface area contributed by atoms with Gasteiger partial charge < -0.3 is 14.8 Å². The molecule has 0 spiro atoms. The predicted octanol–water partition coefficient (Wildman–Crippen LogP) is 2.33. The van der Waals surface area contributed by atoms with Crippen LogP contribution in [0, 0.1) is 0 Å². The van der Waals surface area contributed by atoms with Gasteiger partial charge in [0.25, 0.3) is 5.91 Å². The van der Waals surface area contributed by atoms with Crippen LogP contribution in [0.3, 0.4) is 0 Å². The number of rotatable bonds is 5. The second-order valence-electron chi connectivity index (χ2n) is 4.92. The van der Waals surface area contributed by atoms with E-state index in [0.29, 0.717) is 27.9 Å². The van der Waals surface area contributed by atoms with Crippen LogP contribution in [0.2, 0.25) is 5.02 Å². The standard InChI is InChI=1S/C16H15ClN4O3/c1-23-12-8-10(7-11(17)15(12)24-2)16(22)18-9-14-20-19-13-5-3-4-6-21(13)14/h3-8H,9H2,1-2H3,(H,18,22). The highest BCUT2D eigenvalue weighted by molar-refractivity contribution is 6.32. The Labute approximate surface area is 143 Å². The fourth-order valence-electron chi connectivity index (χ4n) is 2.32. The molecule has 1 N–H and O–H groups in total. The topological polar surface area (TPSA) is 77.8 Å². The first-order valence-corrected chi connectivity index (χ1v) is 7.50. The van der Waals surface area contributed by atoms with Gasteiger partial charge in [0.05, 0.1) is 25.8 Å². The molecule has 3 aromatic rings. The lowest BCUT2D eigenvalue weighted by atomic mass is 10.2. The van der Waals surface area contributed by atoms with E-state index in [1.54, 1.807) is 6.07 Å². The molecule has 24 heavy (non-hydrogen) atoms. The summed E-state index contributed by atoms with van der Waals surface area (Å²) in [6.07, 6.45) is 1.84. The van der Waals surface area contributed by atoms with E-state index in [0.717, 1.165) is 5.65 Å². The molecule has 0 fully saturated rings. The van der Waals surface area contributed by atoms with Crippen LogP contribution in [0.25, 0.3) is 5.65 Å². The summed E-state index contributed by atoms with van der Waals surface area (Å²) in [7, 11) is 2.97. The number of carbonyl (C=O) groups excluding carboxylic acids is 1. The van der Waals surface area contributed by atoms with Gasteiger partial charge in [0.2, 0.25) is 0 Å². The smallest absolute Gasteiger partial charge is 0.251 e. The van der Waals surface area contributed by atoms with Crippen molar-refractivity contribution in [3.63, 3.8) is 0 Å². The number of nitrogens with one attached hydrogen (secondary N) is 1. The Morgan fingerprint density at radius 3 is 2.83 bits per heavy atom. The van der Waals surface area contributed by atoms with E-state index in [2.05, 4.69) is 15.5 Å². The summed E-state index contributed by atoms with van der Waals surface area (Å²) in [5.41, 5.74) is 1.09. The number of nitrogens with zero attached hydrogens (tertiary/aromatic N) is 3. The number of carbonyl (C=O) groups is 1. The Balaban J connectivity index is 1.79. The summed E-state index contributed by atoms with van der Waals surface area (Å²) >= 11 is 6.12. The molecule has 1 amide bonds. The van der Waals surface area contributed by atoms with Crippen LogP contribution in [0.15, 0.2) is 36.5 Å². The SMILES string of the molecule is COc1cc(C(=O)NCc2nnc3ccccn23)cc(Cl)c1OC. The molecule has 0 radical (unpaired) electrons. The molecule has 0 atom stereocenters. The maximum absolute atomic E-state index is 12.4. The van der Waals surface area contributed by atoms with Gasteiger partial charge in [-0.2, -0.15) is 0 Å². The Morgan fingerprint density at radius 2 is 2.08 bits per heavy atom. The van der Waals surface area contributed by atoms with Crippen molar-refractivity contribution in [2.75, 3.05) is 14.2 Å². The Hall–Kier alpha value is -2.80. The van der Waals surface area contributed by atoms with Crippen molar-refractivity contribution in [3.05, 3.63) is 52.9 Å². The molecule has 0 saturated carbocycles. The van der Waals surface area contributed by atoms with Crippen LogP contribution in [-0.4, -0.2) is 34.7 Å². The summed E-state index contributed by atoms with van der Waals surface area (Å²) in [5, 5.41) is 11.2. The second-order valence-corrected chi connectivity index (χ2v) is 5.33. The highest BCUT2D eigenvalue weighted by Gasteiger charge is 2.15. The number of hydrogen-bond acceptors (Lipinski definition) is 5. The van der Waals surface area contributed by atoms with Crippen LogP contribution >= 0.6 is 11.6 Å². The summed E-state index contributed by atoms with van der Waals surface area (Å²) in [5.74, 6) is 1.11. The quantitative estimate of drug-likeness (QED) is 0.767. The van der Waals surface area contributed by atoms with Gasteiger partial charge >= 0.3 is 0 Å². The van der Waals surface area contributed by atoms with Crippen LogP contribution in [0.1, 0.15) is 16.2 Å². The number of benzene rings is 1. The lowest BCUT2D eigenvalue weighted by Crippen LogP contribution is -2.24. The molecule has 0 saturated heterocycles. The molecule has 124 valence electrons. The highest BCUT2D eigenvalue weighted by Crippen LogP contribution is 2.35. The number of ether oxygens (including phenoxy) is 2. The summed E-state index contributed by atoms with van der Waals surface area (Å²) in [6, 6.07) is 8.68. The first-order valence-electron chi connectivity index (χ1n) is 7.12. The number of aromatic nitrogens is 3. The predicted molar refractivity (Wildman–Crippen MR) is 88.7 cm³/mol.